The Hall–Kier alpha value is -1.08. The Morgan fingerprint density at radius 2 is 2.11 bits per heavy atom. The van der Waals surface area contributed by atoms with Crippen molar-refractivity contribution in [2.75, 3.05) is 20.1 Å². The lowest BCUT2D eigenvalue weighted by atomic mass is 9.92. The van der Waals surface area contributed by atoms with E-state index in [9.17, 15) is 4.79 Å². The Kier molecular flexibility index (Phi) is 4.75. The van der Waals surface area contributed by atoms with Crippen LogP contribution in [0, 0.1) is 16.7 Å². The van der Waals surface area contributed by atoms with Crippen LogP contribution < -0.4 is 0 Å². The molecule has 0 aromatic carbocycles. The second-order valence-electron chi connectivity index (χ2n) is 6.17. The third kappa shape index (κ3) is 3.23. The van der Waals surface area contributed by atoms with E-state index in [0.717, 1.165) is 19.5 Å². The average Bonchev–Trinajstić information content (AvgIpc) is 2.38. The van der Waals surface area contributed by atoms with Crippen molar-refractivity contribution < 1.29 is 4.79 Å². The van der Waals surface area contributed by atoms with Crippen LogP contribution in [0.2, 0.25) is 0 Å². The van der Waals surface area contributed by atoms with Gasteiger partial charge in [-0.05, 0) is 18.8 Å². The van der Waals surface area contributed by atoms with Gasteiger partial charge in [-0.15, -0.1) is 0 Å². The molecular formula is C14H25N3O. The van der Waals surface area contributed by atoms with Crippen LogP contribution >= 0.6 is 0 Å². The third-order valence-electron chi connectivity index (χ3n) is 3.78. The summed E-state index contributed by atoms with van der Waals surface area (Å²) in [4.78, 5) is 16.4. The number of hydrogen-bond acceptors (Lipinski definition) is 3. The van der Waals surface area contributed by atoms with Crippen LogP contribution in [0.15, 0.2) is 0 Å². The molecule has 0 aliphatic carbocycles. The van der Waals surface area contributed by atoms with E-state index in [4.69, 9.17) is 5.26 Å². The number of likely N-dealkylation sites (N-methyl/N-ethyl adjacent to an activating group) is 1. The van der Waals surface area contributed by atoms with Crippen molar-refractivity contribution in [3.8, 4) is 6.07 Å². The molecule has 1 aliphatic heterocycles. The van der Waals surface area contributed by atoms with Crippen molar-refractivity contribution in [1.29, 1.82) is 5.26 Å². The van der Waals surface area contributed by atoms with E-state index in [1.165, 1.54) is 0 Å². The van der Waals surface area contributed by atoms with Gasteiger partial charge in [-0.3, -0.25) is 9.69 Å². The van der Waals surface area contributed by atoms with Crippen LogP contribution in [0.3, 0.4) is 0 Å². The molecule has 2 atom stereocenters. The molecule has 102 valence electrons. The number of nitriles is 1. The van der Waals surface area contributed by atoms with E-state index in [0.29, 0.717) is 6.04 Å². The quantitative estimate of drug-likeness (QED) is 0.769. The van der Waals surface area contributed by atoms with Gasteiger partial charge in [0, 0.05) is 26.2 Å². The fourth-order valence-electron chi connectivity index (χ4n) is 2.76. The number of amides is 1. The molecule has 0 N–H and O–H groups in total. The van der Waals surface area contributed by atoms with Crippen LogP contribution in [0.1, 0.15) is 40.5 Å². The van der Waals surface area contributed by atoms with Gasteiger partial charge in [-0.25, -0.2) is 0 Å². The summed E-state index contributed by atoms with van der Waals surface area (Å²) in [6.07, 6.45) is 1.28. The molecule has 4 heteroatoms. The zero-order valence-corrected chi connectivity index (χ0v) is 12.2. The zero-order chi connectivity index (χ0) is 13.9. The first-order valence-corrected chi connectivity index (χ1v) is 6.70. The van der Waals surface area contributed by atoms with Gasteiger partial charge in [0.25, 0.3) is 0 Å². The highest BCUT2D eigenvalue weighted by Gasteiger charge is 2.39. The van der Waals surface area contributed by atoms with Crippen LogP contribution in [0.25, 0.3) is 0 Å². The standard InChI is InChI=1S/C14H25N3O/c1-6-11(2)17-10-14(3,4)9-16(5)13(18)12(17)7-8-15/h11-12H,6-7,9-10H2,1-5H3. The maximum Gasteiger partial charge on any atom is 0.240 e. The Morgan fingerprint density at radius 3 is 2.61 bits per heavy atom. The zero-order valence-electron chi connectivity index (χ0n) is 12.2. The third-order valence-corrected chi connectivity index (χ3v) is 3.78. The normalized spacial score (nSPS) is 26.6. The molecule has 4 nitrogen and oxygen atoms in total. The minimum Gasteiger partial charge on any atom is -0.344 e. The van der Waals surface area contributed by atoms with Gasteiger partial charge in [0.1, 0.15) is 6.04 Å². The van der Waals surface area contributed by atoms with E-state index in [1.54, 1.807) is 4.90 Å². The fraction of sp³-hybridized carbons (Fsp3) is 0.857. The summed E-state index contributed by atoms with van der Waals surface area (Å²) in [5.41, 5.74) is 0.0675. The lowest BCUT2D eigenvalue weighted by molar-refractivity contribution is -0.134. The minimum atomic E-state index is -0.281. The van der Waals surface area contributed by atoms with E-state index in [-0.39, 0.29) is 23.8 Å². The number of rotatable bonds is 3. The highest BCUT2D eigenvalue weighted by atomic mass is 16.2. The first-order valence-electron chi connectivity index (χ1n) is 6.70. The van der Waals surface area contributed by atoms with Gasteiger partial charge in [0.15, 0.2) is 0 Å². The van der Waals surface area contributed by atoms with Crippen molar-refractivity contribution in [2.24, 2.45) is 5.41 Å². The molecular weight excluding hydrogens is 226 g/mol. The van der Waals surface area contributed by atoms with Crippen molar-refractivity contribution >= 4 is 5.91 Å². The maximum atomic E-state index is 12.4. The molecule has 0 aromatic heterocycles. The summed E-state index contributed by atoms with van der Waals surface area (Å²) in [6.45, 7) is 10.2. The van der Waals surface area contributed by atoms with Crippen LogP contribution in [0.5, 0.6) is 0 Å². The molecule has 1 heterocycles. The Morgan fingerprint density at radius 1 is 1.50 bits per heavy atom. The summed E-state index contributed by atoms with van der Waals surface area (Å²) < 4.78 is 0. The Labute approximate surface area is 111 Å². The number of carbonyl (C=O) groups is 1. The first-order chi connectivity index (χ1) is 8.32. The minimum absolute atomic E-state index is 0.0675. The molecule has 1 amide bonds. The van der Waals surface area contributed by atoms with Crippen LogP contribution in [-0.2, 0) is 4.79 Å². The predicted octanol–water partition coefficient (Wildman–Crippen LogP) is 1.87. The van der Waals surface area contributed by atoms with E-state index in [2.05, 4.69) is 38.7 Å². The molecule has 1 saturated heterocycles. The number of nitrogens with zero attached hydrogens (tertiary/aromatic N) is 3. The fourth-order valence-corrected chi connectivity index (χ4v) is 2.76. The van der Waals surface area contributed by atoms with E-state index in [1.807, 2.05) is 7.05 Å². The molecule has 1 fully saturated rings. The monoisotopic (exact) mass is 251 g/mol. The molecule has 0 radical (unpaired) electrons. The van der Waals surface area contributed by atoms with Crippen LogP contribution in [-0.4, -0.2) is 47.9 Å². The second kappa shape index (κ2) is 5.71. The average molecular weight is 251 g/mol. The lowest BCUT2D eigenvalue weighted by Gasteiger charge is -2.36. The summed E-state index contributed by atoms with van der Waals surface area (Å²) in [5, 5.41) is 8.97. The Balaban J connectivity index is 3.07. The molecule has 1 aliphatic rings. The topological polar surface area (TPSA) is 47.3 Å². The Bertz CT molecular complexity index is 345. The van der Waals surface area contributed by atoms with Crippen LogP contribution in [0.4, 0.5) is 0 Å². The summed E-state index contributed by atoms with van der Waals surface area (Å²) in [5.74, 6) is 0.0856. The van der Waals surface area contributed by atoms with Gasteiger partial charge >= 0.3 is 0 Å². The maximum absolute atomic E-state index is 12.4. The molecule has 2 unspecified atom stereocenters. The lowest BCUT2D eigenvalue weighted by Crippen LogP contribution is -2.48. The highest BCUT2D eigenvalue weighted by molar-refractivity contribution is 5.82. The van der Waals surface area contributed by atoms with Crippen molar-refractivity contribution in [3.05, 3.63) is 0 Å². The predicted molar refractivity (Wildman–Crippen MR) is 71.9 cm³/mol. The summed E-state index contributed by atoms with van der Waals surface area (Å²) in [6, 6.07) is 2.21. The van der Waals surface area contributed by atoms with Gasteiger partial charge in [0.2, 0.25) is 5.91 Å². The molecule has 0 aromatic rings. The van der Waals surface area contributed by atoms with E-state index < -0.39 is 0 Å². The summed E-state index contributed by atoms with van der Waals surface area (Å²) >= 11 is 0. The van der Waals surface area contributed by atoms with Gasteiger partial charge in [-0.2, -0.15) is 5.26 Å². The number of carbonyl (C=O) groups excluding carboxylic acids is 1. The smallest absolute Gasteiger partial charge is 0.240 e. The second-order valence-corrected chi connectivity index (χ2v) is 6.17. The summed E-state index contributed by atoms with van der Waals surface area (Å²) in [7, 11) is 1.84. The van der Waals surface area contributed by atoms with Gasteiger partial charge < -0.3 is 4.90 Å². The first kappa shape index (κ1) is 15.0. The molecule has 0 bridgehead atoms. The molecule has 1 rings (SSSR count). The van der Waals surface area contributed by atoms with Crippen molar-refractivity contribution in [3.63, 3.8) is 0 Å². The van der Waals surface area contributed by atoms with Crippen molar-refractivity contribution in [2.45, 2.75) is 52.6 Å². The van der Waals surface area contributed by atoms with E-state index >= 15 is 0 Å². The highest BCUT2D eigenvalue weighted by Crippen LogP contribution is 2.27. The molecule has 18 heavy (non-hydrogen) atoms. The van der Waals surface area contributed by atoms with Gasteiger partial charge in [-0.1, -0.05) is 20.8 Å². The molecule has 0 saturated carbocycles. The molecule has 0 spiro atoms. The van der Waals surface area contributed by atoms with Gasteiger partial charge in [0.05, 0.1) is 12.5 Å². The van der Waals surface area contributed by atoms with Crippen molar-refractivity contribution in [1.82, 2.24) is 9.80 Å². The SMILES string of the molecule is CCC(C)N1CC(C)(C)CN(C)C(=O)C1CC#N. The largest absolute Gasteiger partial charge is 0.344 e. The number of hydrogen-bond donors (Lipinski definition) is 0.